The lowest BCUT2D eigenvalue weighted by atomic mass is 10.3. The second kappa shape index (κ2) is 4.27. The van der Waals surface area contributed by atoms with E-state index < -0.39 is 5.97 Å². The van der Waals surface area contributed by atoms with Gasteiger partial charge in [-0.05, 0) is 13.0 Å². The zero-order chi connectivity index (χ0) is 8.10. The normalized spacial score (nSPS) is 23.8. The third-order valence-corrected chi connectivity index (χ3v) is 1.51. The number of carbonyl (C=O) groups is 1. The van der Waals surface area contributed by atoms with E-state index in [1.807, 2.05) is 0 Å². The van der Waals surface area contributed by atoms with E-state index in [-0.39, 0.29) is 12.6 Å². The zero-order valence-corrected chi connectivity index (χ0v) is 6.17. The van der Waals surface area contributed by atoms with Gasteiger partial charge < -0.3 is 10.4 Å². The number of carboxylic acids is 1. The highest BCUT2D eigenvalue weighted by molar-refractivity contribution is 5.67. The van der Waals surface area contributed by atoms with Crippen molar-refractivity contribution >= 4 is 5.97 Å². The maximum Gasteiger partial charge on any atom is 0.331 e. The molecule has 0 radical (unpaired) electrons. The molecule has 1 saturated heterocycles. The number of hydroxylamine groups is 1. The molecule has 1 heterocycles. The van der Waals surface area contributed by atoms with E-state index in [0.717, 1.165) is 19.5 Å². The highest BCUT2D eigenvalue weighted by Gasteiger charge is 2.13. The molecule has 1 aliphatic rings. The number of rotatable bonds is 4. The summed E-state index contributed by atoms with van der Waals surface area (Å²) in [4.78, 5) is 14.7. The van der Waals surface area contributed by atoms with Crippen molar-refractivity contribution in [3.8, 4) is 0 Å². The number of hydrogen-bond acceptors (Lipinski definition) is 4. The Morgan fingerprint density at radius 1 is 1.82 bits per heavy atom. The Bertz CT molecular complexity index is 134. The molecule has 1 rings (SSSR count). The lowest BCUT2D eigenvalue weighted by Crippen LogP contribution is -2.32. The quantitative estimate of drug-likeness (QED) is 0.458. The fraction of sp³-hybridized carbons (Fsp3) is 0.833. The first-order chi connectivity index (χ1) is 5.29. The number of aliphatic carboxylic acids is 1. The van der Waals surface area contributed by atoms with Gasteiger partial charge in [-0.25, -0.2) is 4.79 Å². The summed E-state index contributed by atoms with van der Waals surface area (Å²) < 4.78 is 0. The van der Waals surface area contributed by atoms with Crippen molar-refractivity contribution < 1.29 is 14.7 Å². The van der Waals surface area contributed by atoms with E-state index in [4.69, 9.17) is 5.11 Å². The van der Waals surface area contributed by atoms with Gasteiger partial charge in [0.2, 0.25) is 0 Å². The summed E-state index contributed by atoms with van der Waals surface area (Å²) in [6, 6.07) is 0.259. The van der Waals surface area contributed by atoms with Gasteiger partial charge in [-0.3, -0.25) is 4.84 Å². The zero-order valence-electron chi connectivity index (χ0n) is 6.17. The molecular formula is C6H12N2O3. The Balaban J connectivity index is 1.98. The van der Waals surface area contributed by atoms with Gasteiger partial charge in [0.15, 0.2) is 6.61 Å². The SMILES string of the molecule is O=C(O)CONC1CCNC1. The van der Waals surface area contributed by atoms with Gasteiger partial charge in [0, 0.05) is 12.6 Å². The van der Waals surface area contributed by atoms with Crippen molar-refractivity contribution in [2.45, 2.75) is 12.5 Å². The van der Waals surface area contributed by atoms with Gasteiger partial charge in [-0.15, -0.1) is 0 Å². The van der Waals surface area contributed by atoms with Gasteiger partial charge in [0.05, 0.1) is 0 Å². The van der Waals surface area contributed by atoms with Crippen LogP contribution in [0.5, 0.6) is 0 Å². The first kappa shape index (κ1) is 8.45. The summed E-state index contributed by atoms with van der Waals surface area (Å²) in [5.41, 5.74) is 2.67. The monoisotopic (exact) mass is 160 g/mol. The third-order valence-electron chi connectivity index (χ3n) is 1.51. The van der Waals surface area contributed by atoms with Crippen LogP contribution in [0, 0.1) is 0 Å². The number of nitrogens with one attached hydrogen (secondary N) is 2. The average Bonchev–Trinajstić information content (AvgIpc) is 2.39. The highest BCUT2D eigenvalue weighted by Crippen LogP contribution is 1.95. The predicted octanol–water partition coefficient (Wildman–Crippen LogP) is -1.05. The van der Waals surface area contributed by atoms with Crippen LogP contribution in [0.4, 0.5) is 0 Å². The average molecular weight is 160 g/mol. The van der Waals surface area contributed by atoms with Crippen molar-refractivity contribution in [1.82, 2.24) is 10.8 Å². The minimum Gasteiger partial charge on any atom is -0.479 e. The first-order valence-corrected chi connectivity index (χ1v) is 3.59. The summed E-state index contributed by atoms with van der Waals surface area (Å²) in [5, 5.41) is 11.3. The van der Waals surface area contributed by atoms with Gasteiger partial charge >= 0.3 is 5.97 Å². The molecule has 11 heavy (non-hydrogen) atoms. The fourth-order valence-electron chi connectivity index (χ4n) is 0.976. The minimum absolute atomic E-state index is 0.259. The Morgan fingerprint density at radius 2 is 2.64 bits per heavy atom. The first-order valence-electron chi connectivity index (χ1n) is 3.59. The van der Waals surface area contributed by atoms with Gasteiger partial charge in [0.1, 0.15) is 0 Å². The lowest BCUT2D eigenvalue weighted by molar-refractivity contribution is -0.145. The molecule has 5 nitrogen and oxygen atoms in total. The van der Waals surface area contributed by atoms with Crippen LogP contribution in [-0.4, -0.2) is 36.8 Å². The van der Waals surface area contributed by atoms with Crippen molar-refractivity contribution in [2.75, 3.05) is 19.7 Å². The van der Waals surface area contributed by atoms with E-state index in [9.17, 15) is 4.79 Å². The van der Waals surface area contributed by atoms with Crippen LogP contribution in [0.3, 0.4) is 0 Å². The van der Waals surface area contributed by atoms with Crippen molar-refractivity contribution in [1.29, 1.82) is 0 Å². The van der Waals surface area contributed by atoms with Crippen molar-refractivity contribution in [2.24, 2.45) is 0 Å². The molecule has 5 heteroatoms. The molecule has 0 bridgehead atoms. The molecule has 0 aromatic carbocycles. The minimum atomic E-state index is -0.955. The molecule has 1 aliphatic heterocycles. The van der Waals surface area contributed by atoms with Crippen LogP contribution in [0.25, 0.3) is 0 Å². The predicted molar refractivity (Wildman–Crippen MR) is 38.0 cm³/mol. The Labute approximate surface area is 64.7 Å². The topological polar surface area (TPSA) is 70.6 Å². The number of hydrogen-bond donors (Lipinski definition) is 3. The molecule has 3 N–H and O–H groups in total. The van der Waals surface area contributed by atoms with Crippen LogP contribution < -0.4 is 10.8 Å². The molecule has 64 valence electrons. The largest absolute Gasteiger partial charge is 0.479 e. The highest BCUT2D eigenvalue weighted by atomic mass is 16.7. The van der Waals surface area contributed by atoms with E-state index in [2.05, 4.69) is 15.6 Å². The van der Waals surface area contributed by atoms with Crippen LogP contribution in [-0.2, 0) is 9.63 Å². The van der Waals surface area contributed by atoms with Crippen LogP contribution in [0.15, 0.2) is 0 Å². The molecular weight excluding hydrogens is 148 g/mol. The lowest BCUT2D eigenvalue weighted by Gasteiger charge is -2.08. The van der Waals surface area contributed by atoms with Gasteiger partial charge in [0.25, 0.3) is 0 Å². The fourth-order valence-corrected chi connectivity index (χ4v) is 0.976. The molecule has 0 aromatic heterocycles. The van der Waals surface area contributed by atoms with E-state index in [0.29, 0.717) is 0 Å². The molecule has 0 spiro atoms. The van der Waals surface area contributed by atoms with E-state index in [1.165, 1.54) is 0 Å². The Morgan fingerprint density at radius 3 is 3.18 bits per heavy atom. The molecule has 1 unspecified atom stereocenters. The van der Waals surface area contributed by atoms with Gasteiger partial charge in [-0.1, -0.05) is 0 Å². The molecule has 1 fully saturated rings. The van der Waals surface area contributed by atoms with Crippen LogP contribution in [0.2, 0.25) is 0 Å². The summed E-state index contributed by atoms with van der Waals surface area (Å²) >= 11 is 0. The smallest absolute Gasteiger partial charge is 0.331 e. The summed E-state index contributed by atoms with van der Waals surface area (Å²) in [5.74, 6) is -0.955. The van der Waals surface area contributed by atoms with Crippen LogP contribution >= 0.6 is 0 Å². The van der Waals surface area contributed by atoms with Crippen molar-refractivity contribution in [3.63, 3.8) is 0 Å². The summed E-state index contributed by atoms with van der Waals surface area (Å²) in [6.07, 6.45) is 0.986. The van der Waals surface area contributed by atoms with E-state index >= 15 is 0 Å². The second-order valence-corrected chi connectivity index (χ2v) is 2.49. The standard InChI is InChI=1S/C6H12N2O3/c9-6(10)4-11-8-5-1-2-7-3-5/h5,7-8H,1-4H2,(H,9,10). The summed E-state index contributed by atoms with van der Waals surface area (Å²) in [6.45, 7) is 1.53. The maximum absolute atomic E-state index is 9.99. The molecule has 0 amide bonds. The molecule has 0 aliphatic carbocycles. The molecule has 0 aromatic rings. The van der Waals surface area contributed by atoms with E-state index in [1.54, 1.807) is 0 Å². The Hall–Kier alpha value is -0.650. The second-order valence-electron chi connectivity index (χ2n) is 2.49. The van der Waals surface area contributed by atoms with Crippen LogP contribution in [0.1, 0.15) is 6.42 Å². The summed E-state index contributed by atoms with van der Waals surface area (Å²) in [7, 11) is 0. The third kappa shape index (κ3) is 3.31. The molecule has 0 saturated carbocycles. The number of carboxylic acid groups (broad SMARTS) is 1. The molecule has 1 atom stereocenters. The van der Waals surface area contributed by atoms with Gasteiger partial charge in [-0.2, -0.15) is 5.48 Å². The van der Waals surface area contributed by atoms with Crippen molar-refractivity contribution in [3.05, 3.63) is 0 Å². The Kier molecular flexibility index (Phi) is 3.28. The maximum atomic E-state index is 9.99.